The average Bonchev–Trinajstić information content (AvgIpc) is 2.37. The Bertz CT molecular complexity index is 365. The standard InChI is InChI=1S/C14H20O2/c1-5-11-8-7-9-12(10-11)13(15)14(3,6-2)16-4/h7-10H,5-6H2,1-4H3. The Morgan fingerprint density at radius 2 is 2.06 bits per heavy atom. The molecule has 2 nitrogen and oxygen atoms in total. The molecule has 2 heteroatoms. The first-order chi connectivity index (χ1) is 7.57. The van der Waals surface area contributed by atoms with E-state index < -0.39 is 5.60 Å². The summed E-state index contributed by atoms with van der Waals surface area (Å²) in [4.78, 5) is 12.3. The van der Waals surface area contributed by atoms with Crippen molar-refractivity contribution in [2.24, 2.45) is 0 Å². The molecule has 1 unspecified atom stereocenters. The average molecular weight is 220 g/mol. The summed E-state index contributed by atoms with van der Waals surface area (Å²) >= 11 is 0. The van der Waals surface area contributed by atoms with Crippen LogP contribution in [0, 0.1) is 0 Å². The molecule has 88 valence electrons. The van der Waals surface area contributed by atoms with E-state index in [1.165, 1.54) is 5.56 Å². The molecule has 0 aromatic heterocycles. The van der Waals surface area contributed by atoms with Crippen LogP contribution < -0.4 is 0 Å². The number of ether oxygens (including phenoxy) is 1. The summed E-state index contributed by atoms with van der Waals surface area (Å²) in [6.07, 6.45) is 1.62. The van der Waals surface area contributed by atoms with Gasteiger partial charge in [0.25, 0.3) is 0 Å². The predicted molar refractivity (Wildman–Crippen MR) is 65.9 cm³/mol. The van der Waals surface area contributed by atoms with E-state index in [0.29, 0.717) is 6.42 Å². The van der Waals surface area contributed by atoms with Crippen LogP contribution in [0.15, 0.2) is 24.3 Å². The zero-order valence-electron chi connectivity index (χ0n) is 10.5. The number of Topliss-reactive ketones (excluding diaryl/α,β-unsaturated/α-hetero) is 1. The van der Waals surface area contributed by atoms with Gasteiger partial charge in [-0.3, -0.25) is 4.79 Å². The smallest absolute Gasteiger partial charge is 0.194 e. The molecule has 0 bridgehead atoms. The highest BCUT2D eigenvalue weighted by Crippen LogP contribution is 2.21. The van der Waals surface area contributed by atoms with Gasteiger partial charge in [-0.15, -0.1) is 0 Å². The van der Waals surface area contributed by atoms with Crippen molar-refractivity contribution in [3.8, 4) is 0 Å². The Morgan fingerprint density at radius 1 is 1.38 bits per heavy atom. The molecule has 0 saturated heterocycles. The largest absolute Gasteiger partial charge is 0.370 e. The Hall–Kier alpha value is -1.15. The first-order valence-electron chi connectivity index (χ1n) is 5.76. The number of aryl methyl sites for hydroxylation is 1. The Balaban J connectivity index is 3.04. The lowest BCUT2D eigenvalue weighted by atomic mass is 9.91. The minimum absolute atomic E-state index is 0.0628. The van der Waals surface area contributed by atoms with Gasteiger partial charge in [0, 0.05) is 12.7 Å². The van der Waals surface area contributed by atoms with E-state index in [1.807, 2.05) is 38.1 Å². The molecular formula is C14H20O2. The summed E-state index contributed by atoms with van der Waals surface area (Å²) in [5.41, 5.74) is 1.22. The highest BCUT2D eigenvalue weighted by Gasteiger charge is 2.31. The molecule has 0 heterocycles. The number of rotatable bonds is 5. The van der Waals surface area contributed by atoms with Gasteiger partial charge in [0.15, 0.2) is 5.78 Å². The van der Waals surface area contributed by atoms with E-state index in [4.69, 9.17) is 4.74 Å². The van der Waals surface area contributed by atoms with Crippen LogP contribution in [-0.2, 0) is 11.2 Å². The maximum Gasteiger partial charge on any atom is 0.194 e. The summed E-state index contributed by atoms with van der Waals surface area (Å²) < 4.78 is 5.33. The minimum atomic E-state index is -0.702. The second-order valence-electron chi connectivity index (χ2n) is 4.17. The number of benzene rings is 1. The van der Waals surface area contributed by atoms with Crippen LogP contribution in [0.25, 0.3) is 0 Å². The third kappa shape index (κ3) is 2.50. The van der Waals surface area contributed by atoms with Crippen molar-refractivity contribution < 1.29 is 9.53 Å². The maximum absolute atomic E-state index is 12.3. The van der Waals surface area contributed by atoms with Gasteiger partial charge in [-0.05, 0) is 31.4 Å². The Labute approximate surface area is 97.6 Å². The summed E-state index contributed by atoms with van der Waals surface area (Å²) in [5.74, 6) is 0.0628. The number of carbonyl (C=O) groups is 1. The van der Waals surface area contributed by atoms with Crippen molar-refractivity contribution in [2.45, 2.75) is 39.2 Å². The topological polar surface area (TPSA) is 26.3 Å². The molecule has 0 saturated carbocycles. The third-order valence-electron chi connectivity index (χ3n) is 3.20. The fourth-order valence-electron chi connectivity index (χ4n) is 1.64. The first kappa shape index (κ1) is 12.9. The number of carbonyl (C=O) groups excluding carboxylic acids is 1. The van der Waals surface area contributed by atoms with E-state index in [9.17, 15) is 4.79 Å². The molecule has 1 rings (SSSR count). The molecule has 0 aliphatic carbocycles. The minimum Gasteiger partial charge on any atom is -0.370 e. The van der Waals surface area contributed by atoms with Crippen LogP contribution in [0.1, 0.15) is 43.1 Å². The number of ketones is 1. The van der Waals surface area contributed by atoms with Gasteiger partial charge < -0.3 is 4.74 Å². The van der Waals surface area contributed by atoms with Gasteiger partial charge in [0.05, 0.1) is 0 Å². The van der Waals surface area contributed by atoms with Crippen LogP contribution in [-0.4, -0.2) is 18.5 Å². The molecule has 0 spiro atoms. The van der Waals surface area contributed by atoms with Crippen LogP contribution in [0.3, 0.4) is 0 Å². The lowest BCUT2D eigenvalue weighted by molar-refractivity contribution is 0.0106. The molecule has 0 fully saturated rings. The molecule has 0 aliphatic heterocycles. The predicted octanol–water partition coefficient (Wildman–Crippen LogP) is 3.25. The fourth-order valence-corrected chi connectivity index (χ4v) is 1.64. The quantitative estimate of drug-likeness (QED) is 0.712. The fraction of sp³-hybridized carbons (Fsp3) is 0.500. The van der Waals surface area contributed by atoms with Crippen LogP contribution >= 0.6 is 0 Å². The van der Waals surface area contributed by atoms with Crippen molar-refractivity contribution in [1.29, 1.82) is 0 Å². The summed E-state index contributed by atoms with van der Waals surface area (Å²) in [6.45, 7) is 5.89. The Morgan fingerprint density at radius 3 is 2.56 bits per heavy atom. The van der Waals surface area contributed by atoms with Gasteiger partial charge >= 0.3 is 0 Å². The molecule has 16 heavy (non-hydrogen) atoms. The molecule has 0 N–H and O–H groups in total. The highest BCUT2D eigenvalue weighted by molar-refractivity contribution is 6.02. The lowest BCUT2D eigenvalue weighted by Crippen LogP contribution is -2.36. The normalized spacial score (nSPS) is 14.5. The molecule has 1 aromatic rings. The SMILES string of the molecule is CCc1cccc(C(=O)C(C)(CC)OC)c1. The van der Waals surface area contributed by atoms with Gasteiger partial charge in [0.2, 0.25) is 0 Å². The van der Waals surface area contributed by atoms with Crippen molar-refractivity contribution in [2.75, 3.05) is 7.11 Å². The van der Waals surface area contributed by atoms with E-state index in [0.717, 1.165) is 12.0 Å². The zero-order valence-corrected chi connectivity index (χ0v) is 10.5. The lowest BCUT2D eigenvalue weighted by Gasteiger charge is -2.25. The van der Waals surface area contributed by atoms with Crippen molar-refractivity contribution >= 4 is 5.78 Å². The molecule has 1 aromatic carbocycles. The monoisotopic (exact) mass is 220 g/mol. The zero-order chi connectivity index (χ0) is 12.2. The van der Waals surface area contributed by atoms with Gasteiger partial charge in [-0.2, -0.15) is 0 Å². The molecule has 0 aliphatic rings. The van der Waals surface area contributed by atoms with Gasteiger partial charge in [0.1, 0.15) is 5.60 Å². The number of hydrogen-bond donors (Lipinski definition) is 0. The highest BCUT2D eigenvalue weighted by atomic mass is 16.5. The van der Waals surface area contributed by atoms with Gasteiger partial charge in [-0.1, -0.05) is 32.0 Å². The molecule has 1 atom stereocenters. The number of methoxy groups -OCH3 is 1. The molecule has 0 amide bonds. The summed E-state index contributed by atoms with van der Waals surface area (Å²) in [7, 11) is 1.59. The first-order valence-corrected chi connectivity index (χ1v) is 5.76. The van der Waals surface area contributed by atoms with Crippen molar-refractivity contribution in [1.82, 2.24) is 0 Å². The van der Waals surface area contributed by atoms with E-state index in [2.05, 4.69) is 6.92 Å². The van der Waals surface area contributed by atoms with Crippen molar-refractivity contribution in [3.05, 3.63) is 35.4 Å². The summed E-state index contributed by atoms with van der Waals surface area (Å²) in [5, 5.41) is 0. The number of hydrogen-bond acceptors (Lipinski definition) is 2. The van der Waals surface area contributed by atoms with E-state index in [-0.39, 0.29) is 5.78 Å². The second kappa shape index (κ2) is 5.26. The summed E-state index contributed by atoms with van der Waals surface area (Å²) in [6, 6.07) is 7.77. The van der Waals surface area contributed by atoms with Crippen LogP contribution in [0.5, 0.6) is 0 Å². The van der Waals surface area contributed by atoms with Crippen molar-refractivity contribution in [3.63, 3.8) is 0 Å². The third-order valence-corrected chi connectivity index (χ3v) is 3.20. The maximum atomic E-state index is 12.3. The second-order valence-corrected chi connectivity index (χ2v) is 4.17. The molecular weight excluding hydrogens is 200 g/mol. The Kier molecular flexibility index (Phi) is 4.25. The van der Waals surface area contributed by atoms with E-state index in [1.54, 1.807) is 7.11 Å². The van der Waals surface area contributed by atoms with Crippen LogP contribution in [0.4, 0.5) is 0 Å². The van der Waals surface area contributed by atoms with Crippen LogP contribution in [0.2, 0.25) is 0 Å². The van der Waals surface area contributed by atoms with Gasteiger partial charge in [-0.25, -0.2) is 0 Å². The van der Waals surface area contributed by atoms with E-state index >= 15 is 0 Å². The molecule has 0 radical (unpaired) electrons.